The summed E-state index contributed by atoms with van der Waals surface area (Å²) in [6.45, 7) is 5.92. The van der Waals surface area contributed by atoms with Gasteiger partial charge in [0.05, 0.1) is 11.0 Å². The van der Waals surface area contributed by atoms with Gasteiger partial charge in [0.15, 0.2) is 0 Å². The van der Waals surface area contributed by atoms with Crippen molar-refractivity contribution >= 4 is 17.0 Å². The molecule has 0 aliphatic heterocycles. The van der Waals surface area contributed by atoms with Gasteiger partial charge in [-0.1, -0.05) is 0 Å². The van der Waals surface area contributed by atoms with Gasteiger partial charge < -0.3 is 15.2 Å². The third-order valence-electron chi connectivity index (χ3n) is 3.30. The molecule has 0 bridgehead atoms. The lowest BCUT2D eigenvalue weighted by molar-refractivity contribution is 0.264. The molecule has 1 aromatic carbocycles. The van der Waals surface area contributed by atoms with Crippen LogP contribution in [0.15, 0.2) is 18.2 Å². The molecule has 1 aromatic heterocycles. The lowest BCUT2D eigenvalue weighted by Gasteiger charge is -2.21. The van der Waals surface area contributed by atoms with Gasteiger partial charge in [-0.25, -0.2) is 9.37 Å². The van der Waals surface area contributed by atoms with Crippen molar-refractivity contribution in [3.63, 3.8) is 0 Å². The number of hydrogen-bond acceptors (Lipinski definition) is 3. The summed E-state index contributed by atoms with van der Waals surface area (Å²) in [4.78, 5) is 6.41. The standard InChI is InChI=1S/C13H19FN4/c1-9(2)17(3)6-7-18-12-5-4-10(14)8-11(12)16-13(18)15/h4-5,8-9H,6-7H2,1-3H3,(H2,15,16). The Labute approximate surface area is 106 Å². The number of imidazole rings is 1. The highest BCUT2D eigenvalue weighted by molar-refractivity contribution is 5.78. The maximum absolute atomic E-state index is 13.1. The Morgan fingerprint density at radius 2 is 2.17 bits per heavy atom. The van der Waals surface area contributed by atoms with Gasteiger partial charge in [0.2, 0.25) is 5.95 Å². The first-order valence-corrected chi connectivity index (χ1v) is 6.10. The smallest absolute Gasteiger partial charge is 0.201 e. The van der Waals surface area contributed by atoms with Gasteiger partial charge in [-0.15, -0.1) is 0 Å². The summed E-state index contributed by atoms with van der Waals surface area (Å²) in [5.74, 6) is 0.152. The van der Waals surface area contributed by atoms with Crippen LogP contribution in [0.3, 0.4) is 0 Å². The molecule has 2 rings (SSSR count). The van der Waals surface area contributed by atoms with Crippen LogP contribution < -0.4 is 5.73 Å². The van der Waals surface area contributed by atoms with E-state index in [0.29, 0.717) is 17.5 Å². The summed E-state index contributed by atoms with van der Waals surface area (Å²) in [5.41, 5.74) is 7.37. The highest BCUT2D eigenvalue weighted by atomic mass is 19.1. The largest absolute Gasteiger partial charge is 0.369 e. The van der Waals surface area contributed by atoms with Crippen LogP contribution in [0.1, 0.15) is 13.8 Å². The van der Waals surface area contributed by atoms with Crippen molar-refractivity contribution in [2.45, 2.75) is 26.4 Å². The SMILES string of the molecule is CC(C)N(C)CCn1c(N)nc2cc(F)ccc21. The fraction of sp³-hybridized carbons (Fsp3) is 0.462. The first-order valence-electron chi connectivity index (χ1n) is 6.10. The third kappa shape index (κ3) is 2.46. The molecule has 0 fully saturated rings. The first-order chi connectivity index (χ1) is 8.49. The molecular weight excluding hydrogens is 231 g/mol. The summed E-state index contributed by atoms with van der Waals surface area (Å²) < 4.78 is 15.0. The van der Waals surface area contributed by atoms with Gasteiger partial charge >= 0.3 is 0 Å². The van der Waals surface area contributed by atoms with Gasteiger partial charge in [-0.05, 0) is 33.0 Å². The minimum atomic E-state index is -0.286. The van der Waals surface area contributed by atoms with E-state index in [9.17, 15) is 4.39 Å². The average molecular weight is 250 g/mol. The van der Waals surface area contributed by atoms with Crippen LogP contribution in [0.5, 0.6) is 0 Å². The zero-order valence-electron chi connectivity index (χ0n) is 11.0. The molecule has 0 amide bonds. The zero-order chi connectivity index (χ0) is 13.3. The van der Waals surface area contributed by atoms with Crippen LogP contribution in [0.25, 0.3) is 11.0 Å². The molecule has 4 nitrogen and oxygen atoms in total. The number of halogens is 1. The molecule has 0 spiro atoms. The van der Waals surface area contributed by atoms with Crippen molar-refractivity contribution in [3.05, 3.63) is 24.0 Å². The van der Waals surface area contributed by atoms with Crippen LogP contribution in [-0.2, 0) is 6.54 Å². The number of benzene rings is 1. The van der Waals surface area contributed by atoms with E-state index in [1.807, 2.05) is 4.57 Å². The Morgan fingerprint density at radius 3 is 2.83 bits per heavy atom. The van der Waals surface area contributed by atoms with Gasteiger partial charge in [0.25, 0.3) is 0 Å². The number of anilines is 1. The molecular formula is C13H19FN4. The third-order valence-corrected chi connectivity index (χ3v) is 3.30. The Hall–Kier alpha value is -1.62. The average Bonchev–Trinajstić information content (AvgIpc) is 2.60. The van der Waals surface area contributed by atoms with Crippen molar-refractivity contribution in [1.29, 1.82) is 0 Å². The predicted molar refractivity (Wildman–Crippen MR) is 71.9 cm³/mol. The van der Waals surface area contributed by atoms with E-state index in [1.165, 1.54) is 12.1 Å². The van der Waals surface area contributed by atoms with Crippen LogP contribution in [0.4, 0.5) is 10.3 Å². The molecule has 0 aliphatic carbocycles. The van der Waals surface area contributed by atoms with E-state index in [4.69, 9.17) is 5.73 Å². The molecule has 98 valence electrons. The summed E-state index contributed by atoms with van der Waals surface area (Å²) in [6, 6.07) is 5.06. The van der Waals surface area contributed by atoms with E-state index in [2.05, 4.69) is 30.8 Å². The molecule has 18 heavy (non-hydrogen) atoms. The molecule has 5 heteroatoms. The second kappa shape index (κ2) is 4.94. The molecule has 0 saturated heterocycles. The van der Waals surface area contributed by atoms with E-state index in [1.54, 1.807) is 6.07 Å². The van der Waals surface area contributed by atoms with Crippen LogP contribution >= 0.6 is 0 Å². The number of nitrogen functional groups attached to an aromatic ring is 1. The van der Waals surface area contributed by atoms with Crippen molar-refractivity contribution in [2.75, 3.05) is 19.3 Å². The van der Waals surface area contributed by atoms with Crippen molar-refractivity contribution < 1.29 is 4.39 Å². The van der Waals surface area contributed by atoms with Crippen LogP contribution in [0.2, 0.25) is 0 Å². The highest BCUT2D eigenvalue weighted by Crippen LogP contribution is 2.18. The van der Waals surface area contributed by atoms with E-state index < -0.39 is 0 Å². The summed E-state index contributed by atoms with van der Waals surface area (Å²) in [6.07, 6.45) is 0. The molecule has 1 heterocycles. The maximum atomic E-state index is 13.1. The number of aromatic nitrogens is 2. The number of nitrogens with zero attached hydrogens (tertiary/aromatic N) is 3. The van der Waals surface area contributed by atoms with E-state index in [-0.39, 0.29) is 5.82 Å². The Kier molecular flexibility index (Phi) is 3.52. The second-order valence-electron chi connectivity index (χ2n) is 4.83. The first kappa shape index (κ1) is 12.8. The Bertz CT molecular complexity index is 547. The maximum Gasteiger partial charge on any atom is 0.201 e. The van der Waals surface area contributed by atoms with Crippen LogP contribution in [0, 0.1) is 5.82 Å². The lowest BCUT2D eigenvalue weighted by atomic mass is 10.3. The summed E-state index contributed by atoms with van der Waals surface area (Å²) >= 11 is 0. The lowest BCUT2D eigenvalue weighted by Crippen LogP contribution is -2.29. The number of likely N-dealkylation sites (N-methyl/N-ethyl adjacent to an activating group) is 1. The minimum absolute atomic E-state index is 0.286. The summed E-state index contributed by atoms with van der Waals surface area (Å²) in [7, 11) is 2.07. The fourth-order valence-electron chi connectivity index (χ4n) is 1.87. The number of fused-ring (bicyclic) bond motifs is 1. The summed E-state index contributed by atoms with van der Waals surface area (Å²) in [5, 5.41) is 0. The Balaban J connectivity index is 2.25. The number of nitrogens with two attached hydrogens (primary N) is 1. The van der Waals surface area contributed by atoms with Crippen molar-refractivity contribution in [3.8, 4) is 0 Å². The topological polar surface area (TPSA) is 47.1 Å². The van der Waals surface area contributed by atoms with Crippen molar-refractivity contribution in [1.82, 2.24) is 14.5 Å². The van der Waals surface area contributed by atoms with Gasteiger partial charge in [-0.2, -0.15) is 0 Å². The molecule has 0 aliphatic rings. The molecule has 0 atom stereocenters. The van der Waals surface area contributed by atoms with Gasteiger partial charge in [0, 0.05) is 25.2 Å². The monoisotopic (exact) mass is 250 g/mol. The normalized spacial score (nSPS) is 11.9. The molecule has 2 N–H and O–H groups in total. The molecule has 2 aromatic rings. The predicted octanol–water partition coefficient (Wildman–Crippen LogP) is 2.10. The molecule has 0 unspecified atom stereocenters. The zero-order valence-corrected chi connectivity index (χ0v) is 11.0. The van der Waals surface area contributed by atoms with Gasteiger partial charge in [-0.3, -0.25) is 0 Å². The van der Waals surface area contributed by atoms with E-state index >= 15 is 0 Å². The van der Waals surface area contributed by atoms with Gasteiger partial charge in [0.1, 0.15) is 5.82 Å². The second-order valence-corrected chi connectivity index (χ2v) is 4.83. The number of hydrogen-bond donors (Lipinski definition) is 1. The Morgan fingerprint density at radius 1 is 1.44 bits per heavy atom. The highest BCUT2D eigenvalue weighted by Gasteiger charge is 2.10. The van der Waals surface area contributed by atoms with Crippen molar-refractivity contribution in [2.24, 2.45) is 0 Å². The molecule has 0 radical (unpaired) electrons. The quantitative estimate of drug-likeness (QED) is 0.904. The minimum Gasteiger partial charge on any atom is -0.369 e. The van der Waals surface area contributed by atoms with Crippen LogP contribution in [-0.4, -0.2) is 34.1 Å². The molecule has 0 saturated carbocycles. The van der Waals surface area contributed by atoms with E-state index in [0.717, 1.165) is 18.6 Å². The fourth-order valence-corrected chi connectivity index (χ4v) is 1.87. The number of rotatable bonds is 4.